The van der Waals surface area contributed by atoms with Gasteiger partial charge in [0.2, 0.25) is 5.91 Å². The van der Waals surface area contributed by atoms with E-state index in [4.69, 9.17) is 5.73 Å². The highest BCUT2D eigenvalue weighted by Gasteiger charge is 2.33. The molecule has 2 aliphatic rings. The second-order valence-corrected chi connectivity index (χ2v) is 6.95. The number of hydrogen-bond donors (Lipinski definition) is 1. The molecule has 136 valence electrons. The van der Waals surface area contributed by atoms with Crippen molar-refractivity contribution >= 4 is 36.4 Å². The van der Waals surface area contributed by atoms with Crippen LogP contribution in [0.4, 0.5) is 5.69 Å². The summed E-state index contributed by atoms with van der Waals surface area (Å²) in [4.78, 5) is 17.4. The zero-order valence-corrected chi connectivity index (χ0v) is 16.1. The van der Waals surface area contributed by atoms with Crippen molar-refractivity contribution in [1.29, 1.82) is 0 Å². The summed E-state index contributed by atoms with van der Waals surface area (Å²) in [5.74, 6) is 0.412. The van der Waals surface area contributed by atoms with Gasteiger partial charge in [0, 0.05) is 43.8 Å². The van der Waals surface area contributed by atoms with Crippen molar-refractivity contribution in [2.45, 2.75) is 51.2 Å². The highest BCUT2D eigenvalue weighted by Crippen LogP contribution is 2.30. The summed E-state index contributed by atoms with van der Waals surface area (Å²) in [7, 11) is 2.11. The Labute approximate surface area is 157 Å². The molecule has 1 aromatic carbocycles. The molecule has 1 fully saturated rings. The van der Waals surface area contributed by atoms with Gasteiger partial charge in [0.1, 0.15) is 0 Å². The van der Waals surface area contributed by atoms with Gasteiger partial charge in [-0.2, -0.15) is 0 Å². The number of likely N-dealkylation sites (N-methyl/N-ethyl adjacent to an activating group) is 1. The van der Waals surface area contributed by atoms with Crippen molar-refractivity contribution < 1.29 is 4.79 Å². The van der Waals surface area contributed by atoms with Crippen LogP contribution in [0.15, 0.2) is 24.3 Å². The predicted molar refractivity (Wildman–Crippen MR) is 104 cm³/mol. The molecule has 2 N–H and O–H groups in total. The number of hydrogen-bond acceptors (Lipinski definition) is 3. The first-order valence-electron chi connectivity index (χ1n) is 8.41. The number of nitrogens with zero attached hydrogens (tertiary/aromatic N) is 2. The Morgan fingerprint density at radius 2 is 1.92 bits per heavy atom. The number of carbonyl (C=O) groups excluding carboxylic acids is 1. The summed E-state index contributed by atoms with van der Waals surface area (Å²) < 4.78 is 0. The Hall–Kier alpha value is -0.970. The van der Waals surface area contributed by atoms with Crippen LogP contribution < -0.4 is 10.6 Å². The molecule has 3 atom stereocenters. The van der Waals surface area contributed by atoms with Crippen LogP contribution in [0, 0.1) is 5.92 Å². The molecule has 24 heavy (non-hydrogen) atoms. The van der Waals surface area contributed by atoms with E-state index in [2.05, 4.69) is 48.0 Å². The number of anilines is 1. The van der Waals surface area contributed by atoms with E-state index in [1.165, 1.54) is 11.3 Å². The van der Waals surface area contributed by atoms with E-state index in [0.717, 1.165) is 32.2 Å². The van der Waals surface area contributed by atoms with Crippen LogP contribution in [0.3, 0.4) is 0 Å². The average Bonchev–Trinajstić information content (AvgIpc) is 2.63. The van der Waals surface area contributed by atoms with Crippen LogP contribution >= 0.6 is 24.8 Å². The standard InChI is InChI=1S/C18H27N3O.2ClH/c1-13-11-20(2)17-9-4-3-6-15(17)12-21(13)18(22)14-7-5-8-16(19)10-14;;/h3-4,6,9,13-14,16H,5,7-8,10-12,19H2,1-2H3;2*1H. The van der Waals surface area contributed by atoms with Crippen LogP contribution in [0.5, 0.6) is 0 Å². The van der Waals surface area contributed by atoms with E-state index < -0.39 is 0 Å². The van der Waals surface area contributed by atoms with Gasteiger partial charge in [0.05, 0.1) is 0 Å². The Morgan fingerprint density at radius 3 is 2.62 bits per heavy atom. The van der Waals surface area contributed by atoms with E-state index in [9.17, 15) is 4.79 Å². The molecule has 1 amide bonds. The minimum atomic E-state index is 0. The van der Waals surface area contributed by atoms with Crippen molar-refractivity contribution in [1.82, 2.24) is 4.90 Å². The Morgan fingerprint density at radius 1 is 1.21 bits per heavy atom. The second kappa shape index (κ2) is 8.93. The van der Waals surface area contributed by atoms with Crippen LogP contribution in [0.2, 0.25) is 0 Å². The van der Waals surface area contributed by atoms with Crippen LogP contribution in [0.1, 0.15) is 38.2 Å². The van der Waals surface area contributed by atoms with Crippen LogP contribution in [-0.2, 0) is 11.3 Å². The monoisotopic (exact) mass is 373 g/mol. The molecule has 0 radical (unpaired) electrons. The minimum Gasteiger partial charge on any atom is -0.372 e. The van der Waals surface area contributed by atoms with Crippen molar-refractivity contribution in [3.8, 4) is 0 Å². The quantitative estimate of drug-likeness (QED) is 0.821. The number of benzene rings is 1. The summed E-state index contributed by atoms with van der Waals surface area (Å²) in [6.07, 6.45) is 3.98. The number of fused-ring (bicyclic) bond motifs is 1. The third-order valence-corrected chi connectivity index (χ3v) is 5.16. The lowest BCUT2D eigenvalue weighted by molar-refractivity contribution is -0.139. The van der Waals surface area contributed by atoms with Gasteiger partial charge in [-0.05, 0) is 37.8 Å². The molecule has 6 heteroatoms. The SMILES string of the molecule is CC1CN(C)c2ccccc2CN1C(=O)C1CCCC(N)C1.Cl.Cl. The van der Waals surface area contributed by atoms with Crippen LogP contribution in [0.25, 0.3) is 0 Å². The molecule has 3 rings (SSSR count). The molecule has 0 spiro atoms. The molecular formula is C18H29Cl2N3O. The van der Waals surface area contributed by atoms with Gasteiger partial charge in [-0.25, -0.2) is 0 Å². The van der Waals surface area contributed by atoms with Crippen molar-refractivity contribution in [2.24, 2.45) is 11.7 Å². The first-order valence-corrected chi connectivity index (χ1v) is 8.41. The first-order chi connectivity index (χ1) is 10.6. The Bertz CT molecular complexity index is 555. The van der Waals surface area contributed by atoms with Gasteiger partial charge in [-0.3, -0.25) is 4.79 Å². The van der Waals surface area contributed by atoms with Gasteiger partial charge in [-0.15, -0.1) is 24.8 Å². The number of amides is 1. The zero-order valence-electron chi connectivity index (χ0n) is 14.5. The summed E-state index contributed by atoms with van der Waals surface area (Å²) in [5, 5.41) is 0. The maximum atomic E-state index is 13.0. The summed E-state index contributed by atoms with van der Waals surface area (Å²) >= 11 is 0. The molecule has 0 bridgehead atoms. The van der Waals surface area contributed by atoms with E-state index >= 15 is 0 Å². The molecule has 1 aromatic rings. The summed E-state index contributed by atoms with van der Waals surface area (Å²) in [5.41, 5.74) is 8.56. The fourth-order valence-corrected chi connectivity index (χ4v) is 3.93. The maximum Gasteiger partial charge on any atom is 0.226 e. The number of nitrogens with two attached hydrogens (primary N) is 1. The number of rotatable bonds is 1. The third-order valence-electron chi connectivity index (χ3n) is 5.16. The summed E-state index contributed by atoms with van der Waals surface area (Å²) in [6, 6.07) is 8.82. The lowest BCUT2D eigenvalue weighted by Crippen LogP contribution is -2.46. The lowest BCUT2D eigenvalue weighted by atomic mass is 9.85. The van der Waals surface area contributed by atoms with Gasteiger partial charge in [0.15, 0.2) is 0 Å². The molecule has 0 aromatic heterocycles. The van der Waals surface area contributed by atoms with Gasteiger partial charge >= 0.3 is 0 Å². The minimum absolute atomic E-state index is 0. The van der Waals surface area contributed by atoms with Crippen LogP contribution in [-0.4, -0.2) is 36.5 Å². The molecule has 0 saturated heterocycles. The molecular weight excluding hydrogens is 345 g/mol. The van der Waals surface area contributed by atoms with Crippen molar-refractivity contribution in [2.75, 3.05) is 18.5 Å². The van der Waals surface area contributed by atoms with Gasteiger partial charge in [-0.1, -0.05) is 24.6 Å². The van der Waals surface area contributed by atoms with Gasteiger partial charge < -0.3 is 15.5 Å². The van der Waals surface area contributed by atoms with Crippen molar-refractivity contribution in [3.63, 3.8) is 0 Å². The fourth-order valence-electron chi connectivity index (χ4n) is 3.93. The Balaban J connectivity index is 0.00000144. The summed E-state index contributed by atoms with van der Waals surface area (Å²) in [6.45, 7) is 3.75. The second-order valence-electron chi connectivity index (χ2n) is 6.95. The number of halogens is 2. The predicted octanol–water partition coefficient (Wildman–Crippen LogP) is 3.21. The average molecular weight is 374 g/mol. The van der Waals surface area contributed by atoms with E-state index in [1.54, 1.807) is 0 Å². The van der Waals surface area contributed by atoms with Crippen molar-refractivity contribution in [3.05, 3.63) is 29.8 Å². The molecule has 1 aliphatic heterocycles. The largest absolute Gasteiger partial charge is 0.372 e. The third kappa shape index (κ3) is 4.35. The molecule has 1 saturated carbocycles. The van der Waals surface area contributed by atoms with E-state index in [-0.39, 0.29) is 42.8 Å². The highest BCUT2D eigenvalue weighted by molar-refractivity contribution is 5.85. The highest BCUT2D eigenvalue weighted by atomic mass is 35.5. The Kier molecular flexibility index (Phi) is 7.84. The molecule has 1 aliphatic carbocycles. The molecule has 3 unspecified atom stereocenters. The van der Waals surface area contributed by atoms with E-state index in [1.807, 2.05) is 0 Å². The molecule has 4 nitrogen and oxygen atoms in total. The fraction of sp³-hybridized carbons (Fsp3) is 0.611. The number of carbonyl (C=O) groups is 1. The zero-order chi connectivity index (χ0) is 15.7. The maximum absolute atomic E-state index is 13.0. The first kappa shape index (κ1) is 21.1. The van der Waals surface area contributed by atoms with E-state index in [0.29, 0.717) is 12.5 Å². The smallest absolute Gasteiger partial charge is 0.226 e. The number of para-hydroxylation sites is 1. The lowest BCUT2D eigenvalue weighted by Gasteiger charge is -2.34. The topological polar surface area (TPSA) is 49.6 Å². The molecule has 1 heterocycles. The van der Waals surface area contributed by atoms with Gasteiger partial charge in [0.25, 0.3) is 0 Å². The normalized spacial score (nSPS) is 26.5.